The quantitative estimate of drug-likeness (QED) is 0.485. The molecule has 0 bridgehead atoms. The zero-order chi connectivity index (χ0) is 7.15. The van der Waals surface area contributed by atoms with Crippen molar-refractivity contribution < 1.29 is 49.8 Å². The predicted octanol–water partition coefficient (Wildman–Crippen LogP) is -2.01. The molecule has 0 fully saturated rings. The maximum absolute atomic E-state index is 8.59. The fourth-order valence-corrected chi connectivity index (χ4v) is 0. The predicted molar refractivity (Wildman–Crippen MR) is 19.7 cm³/mol. The van der Waals surface area contributed by atoms with E-state index < -0.39 is 16.5 Å². The van der Waals surface area contributed by atoms with E-state index >= 15 is 0 Å². The van der Waals surface area contributed by atoms with Gasteiger partial charge < -0.3 is 9.79 Å². The van der Waals surface area contributed by atoms with Crippen LogP contribution in [-0.4, -0.2) is 9.79 Å². The fraction of sp³-hybridized carbons (Fsp3) is 0. The molecule has 0 aliphatic rings. The minimum absolute atomic E-state index is 0. The third-order valence-corrected chi connectivity index (χ3v) is 0. The van der Waals surface area contributed by atoms with E-state index in [-0.39, 0.29) is 21.1 Å². The summed E-state index contributed by atoms with van der Waals surface area (Å²) in [5.74, 6) is 0. The van der Waals surface area contributed by atoms with Gasteiger partial charge in [-0.1, -0.05) is 0 Å². The summed E-state index contributed by atoms with van der Waals surface area (Å²) in [5.41, 5.74) is 0. The van der Waals surface area contributed by atoms with E-state index in [4.69, 9.17) is 28.7 Å². The van der Waals surface area contributed by atoms with Crippen LogP contribution in [0.1, 0.15) is 0 Å². The van der Waals surface area contributed by atoms with Crippen LogP contribution in [0.25, 0.3) is 0 Å². The van der Waals surface area contributed by atoms with Gasteiger partial charge in [-0.3, -0.25) is 0 Å². The van der Waals surface area contributed by atoms with Crippen LogP contribution in [0.5, 0.6) is 0 Å². The molecule has 2 atom stereocenters. The van der Waals surface area contributed by atoms with Crippen molar-refractivity contribution in [2.24, 2.45) is 0 Å². The molecule has 0 aromatic rings. The third kappa shape index (κ3) is 745. The molecule has 9 heavy (non-hydrogen) atoms. The van der Waals surface area contributed by atoms with Crippen molar-refractivity contribution in [3.8, 4) is 0 Å². The molecule has 9 heteroatoms. The van der Waals surface area contributed by atoms with Crippen LogP contribution in [0.3, 0.4) is 0 Å². The van der Waals surface area contributed by atoms with Crippen molar-refractivity contribution in [1.82, 2.24) is 0 Å². The standard InChI is InChI=1S/2HO3P.Pt/c2*1-4(2)3;/h2*(H,1,2,3);/q;;+2. The number of hydrogen-bond donors (Lipinski definition) is 2. The van der Waals surface area contributed by atoms with Gasteiger partial charge in [0, 0.05) is 0 Å². The van der Waals surface area contributed by atoms with Gasteiger partial charge in [-0.15, -0.1) is 0 Å². The van der Waals surface area contributed by atoms with Crippen molar-refractivity contribution in [3.63, 3.8) is 0 Å². The van der Waals surface area contributed by atoms with Gasteiger partial charge in [-0.2, -0.15) is 9.79 Å². The molecule has 56 valence electrons. The largest absolute Gasteiger partial charge is 2.00 e. The molecule has 0 spiro atoms. The maximum atomic E-state index is 8.59. The van der Waals surface area contributed by atoms with E-state index in [1.165, 1.54) is 0 Å². The molecule has 2 N–H and O–H groups in total. The van der Waals surface area contributed by atoms with Gasteiger partial charge in [0.1, 0.15) is 0 Å². The van der Waals surface area contributed by atoms with Crippen LogP contribution in [0, 0.1) is 0 Å². The average Bonchev–Trinajstić information content (AvgIpc) is 1.25. The zero-order valence-electron chi connectivity index (χ0n) is 3.74. The molecule has 0 amide bonds. The van der Waals surface area contributed by atoms with Crippen molar-refractivity contribution >= 4 is 16.5 Å². The van der Waals surface area contributed by atoms with Crippen LogP contribution in [0.15, 0.2) is 0 Å². The molecule has 0 saturated carbocycles. The molecular formula is H2O6P2Pt+2. The molecule has 0 aromatic carbocycles. The molecule has 0 radical (unpaired) electrons. The molecule has 0 aromatic heterocycles. The molecule has 0 heterocycles. The minimum Gasteiger partial charge on any atom is -0.567 e. The Hall–Kier alpha value is 0.728. The van der Waals surface area contributed by atoms with Crippen LogP contribution >= 0.6 is 16.5 Å². The summed E-state index contributed by atoms with van der Waals surface area (Å²) in [7, 11) is -6.24. The van der Waals surface area contributed by atoms with Crippen molar-refractivity contribution in [3.05, 3.63) is 0 Å². The monoisotopic (exact) mass is 355 g/mol. The smallest absolute Gasteiger partial charge is 0.567 e. The second-order valence-corrected chi connectivity index (χ2v) is 1.43. The molecule has 0 aliphatic heterocycles. The second kappa shape index (κ2) is 11.5. The zero-order valence-corrected chi connectivity index (χ0v) is 7.80. The summed E-state index contributed by atoms with van der Waals surface area (Å²) in [5, 5.41) is 0. The summed E-state index contributed by atoms with van der Waals surface area (Å²) < 4.78 is 17.2. The van der Waals surface area contributed by atoms with E-state index in [2.05, 4.69) is 0 Å². The van der Waals surface area contributed by atoms with Gasteiger partial charge in [0.05, 0.1) is 0 Å². The number of hydrogen-bond acceptors (Lipinski definition) is 4. The Kier molecular flexibility index (Phi) is 20.9. The Morgan fingerprint density at radius 3 is 1.00 bits per heavy atom. The first-order valence-corrected chi connectivity index (χ1v) is 3.39. The molecule has 6 nitrogen and oxygen atoms in total. The van der Waals surface area contributed by atoms with Crippen molar-refractivity contribution in [1.29, 1.82) is 0 Å². The van der Waals surface area contributed by atoms with Gasteiger partial charge >= 0.3 is 37.6 Å². The first kappa shape index (κ1) is 16.4. The summed E-state index contributed by atoms with van der Waals surface area (Å²) in [6, 6.07) is 0. The van der Waals surface area contributed by atoms with E-state index in [0.29, 0.717) is 0 Å². The number of rotatable bonds is 0. The Balaban J connectivity index is -0.0000000720. The van der Waals surface area contributed by atoms with Gasteiger partial charge in [-0.05, 0) is 9.13 Å². The van der Waals surface area contributed by atoms with Crippen LogP contribution in [-0.2, 0) is 30.2 Å². The fourth-order valence-electron chi connectivity index (χ4n) is 0. The summed E-state index contributed by atoms with van der Waals surface area (Å²) in [4.78, 5) is 31.2. The Bertz CT molecular complexity index is 69.1. The van der Waals surface area contributed by atoms with Crippen LogP contribution < -0.4 is 9.79 Å². The Labute approximate surface area is 66.7 Å². The molecule has 2 unspecified atom stereocenters. The van der Waals surface area contributed by atoms with Crippen LogP contribution in [0.4, 0.5) is 0 Å². The Morgan fingerprint density at radius 1 is 1.00 bits per heavy atom. The molecule has 0 aliphatic carbocycles. The summed E-state index contributed by atoms with van der Waals surface area (Å²) >= 11 is 0. The van der Waals surface area contributed by atoms with E-state index in [9.17, 15) is 0 Å². The molecular weight excluding hydrogens is 353 g/mol. The summed E-state index contributed by atoms with van der Waals surface area (Å²) in [6.45, 7) is 0. The topological polar surface area (TPSA) is 121 Å². The summed E-state index contributed by atoms with van der Waals surface area (Å²) in [6.07, 6.45) is 0. The van der Waals surface area contributed by atoms with Crippen molar-refractivity contribution in [2.45, 2.75) is 0 Å². The molecule has 0 saturated heterocycles. The second-order valence-electron chi connectivity index (χ2n) is 0.476. The van der Waals surface area contributed by atoms with E-state index in [0.717, 1.165) is 0 Å². The maximum Gasteiger partial charge on any atom is 2.00 e. The van der Waals surface area contributed by atoms with Gasteiger partial charge in [0.2, 0.25) is 0 Å². The van der Waals surface area contributed by atoms with Crippen LogP contribution in [0.2, 0.25) is 0 Å². The van der Waals surface area contributed by atoms with Gasteiger partial charge in [0.25, 0.3) is 0 Å². The van der Waals surface area contributed by atoms with E-state index in [1.54, 1.807) is 0 Å². The first-order valence-electron chi connectivity index (χ1n) is 1.13. The van der Waals surface area contributed by atoms with Gasteiger partial charge in [-0.25, -0.2) is 0 Å². The average molecular weight is 355 g/mol. The first-order chi connectivity index (χ1) is 3.46. The minimum atomic E-state index is -3.12. The van der Waals surface area contributed by atoms with E-state index in [1.807, 2.05) is 0 Å². The normalized spacial score (nSPS) is 9.78. The van der Waals surface area contributed by atoms with Gasteiger partial charge in [0.15, 0.2) is 0 Å². The van der Waals surface area contributed by atoms with Crippen molar-refractivity contribution in [2.75, 3.05) is 0 Å². The molecule has 0 rings (SSSR count). The Morgan fingerprint density at radius 2 is 1.00 bits per heavy atom. The third-order valence-electron chi connectivity index (χ3n) is 0. The SMILES string of the molecule is O=[P+]([O-])O.O=[P+]([O-])O.[Pt+2].